The minimum atomic E-state index is -3.57. The molecular weight excluding hydrogens is 356 g/mol. The molecule has 0 amide bonds. The molecule has 27 heavy (non-hydrogen) atoms. The molecule has 3 rings (SSSR count). The summed E-state index contributed by atoms with van der Waals surface area (Å²) in [4.78, 5) is 2.67. The molecule has 1 aliphatic heterocycles. The van der Waals surface area contributed by atoms with Crippen molar-refractivity contribution in [3.63, 3.8) is 0 Å². The van der Waals surface area contributed by atoms with E-state index in [9.17, 15) is 8.42 Å². The van der Waals surface area contributed by atoms with Gasteiger partial charge < -0.3 is 0 Å². The van der Waals surface area contributed by atoms with E-state index in [4.69, 9.17) is 0 Å². The summed E-state index contributed by atoms with van der Waals surface area (Å²) in [5.41, 5.74) is 2.97. The fourth-order valence-corrected chi connectivity index (χ4v) is 4.58. The summed E-state index contributed by atoms with van der Waals surface area (Å²) in [7, 11) is -3.57. The number of rotatable bonds is 7. The average Bonchev–Trinajstić information content (AvgIpc) is 3.11. The highest BCUT2D eigenvalue weighted by Crippen LogP contribution is 2.28. The predicted octanol–water partition coefficient (Wildman–Crippen LogP) is 4.59. The van der Waals surface area contributed by atoms with Crippen molar-refractivity contribution in [3.8, 4) is 0 Å². The average molecular weight is 385 g/mol. The fraction of sp³-hybridized carbons (Fsp3) is 0.364. The van der Waals surface area contributed by atoms with Gasteiger partial charge in [-0.15, -0.1) is 6.58 Å². The Balaban J connectivity index is 1.67. The van der Waals surface area contributed by atoms with Gasteiger partial charge in [0.1, 0.15) is 0 Å². The van der Waals surface area contributed by atoms with E-state index < -0.39 is 10.0 Å². The predicted molar refractivity (Wildman–Crippen MR) is 112 cm³/mol. The molecule has 0 unspecified atom stereocenters. The second kappa shape index (κ2) is 8.28. The third-order valence-electron chi connectivity index (χ3n) is 5.15. The van der Waals surface area contributed by atoms with E-state index in [1.165, 1.54) is 5.56 Å². The smallest absolute Gasteiger partial charge is 0.261 e. The number of anilines is 1. The summed E-state index contributed by atoms with van der Waals surface area (Å²) in [6, 6.07) is 14.8. The molecule has 5 heteroatoms. The van der Waals surface area contributed by atoms with Gasteiger partial charge >= 0.3 is 0 Å². The van der Waals surface area contributed by atoms with Gasteiger partial charge in [-0.05, 0) is 60.2 Å². The highest BCUT2D eigenvalue weighted by Gasteiger charge is 2.23. The van der Waals surface area contributed by atoms with E-state index in [2.05, 4.69) is 30.0 Å². The molecule has 2 aromatic rings. The van der Waals surface area contributed by atoms with Gasteiger partial charge in [-0.1, -0.05) is 44.2 Å². The first-order valence-corrected chi connectivity index (χ1v) is 10.9. The Morgan fingerprint density at radius 3 is 2.41 bits per heavy atom. The van der Waals surface area contributed by atoms with Crippen molar-refractivity contribution in [2.45, 2.75) is 37.0 Å². The van der Waals surface area contributed by atoms with Gasteiger partial charge in [0.2, 0.25) is 0 Å². The van der Waals surface area contributed by atoms with Crippen molar-refractivity contribution < 1.29 is 8.42 Å². The van der Waals surface area contributed by atoms with Gasteiger partial charge in [0.05, 0.1) is 4.90 Å². The van der Waals surface area contributed by atoms with Crippen LogP contribution in [0.2, 0.25) is 0 Å². The topological polar surface area (TPSA) is 49.4 Å². The maximum atomic E-state index is 12.6. The van der Waals surface area contributed by atoms with Gasteiger partial charge in [-0.2, -0.15) is 0 Å². The van der Waals surface area contributed by atoms with E-state index in [1.54, 1.807) is 12.1 Å². The number of nitrogens with one attached hydrogen (secondary N) is 1. The molecule has 0 bridgehead atoms. The SMILES string of the molecule is C=CCN1CC[C@H](c2ccc(NS(=O)(=O)c3ccc(C(C)C)cc3)cc2)C1. The molecular formula is C22H28N2O2S. The largest absolute Gasteiger partial charge is 0.299 e. The van der Waals surface area contributed by atoms with Crippen molar-refractivity contribution in [2.24, 2.45) is 0 Å². The molecule has 0 radical (unpaired) electrons. The molecule has 1 atom stereocenters. The monoisotopic (exact) mass is 384 g/mol. The number of nitrogens with zero attached hydrogens (tertiary/aromatic N) is 1. The van der Waals surface area contributed by atoms with Gasteiger partial charge in [-0.25, -0.2) is 8.42 Å². The lowest BCUT2D eigenvalue weighted by Gasteiger charge is -2.14. The first-order valence-electron chi connectivity index (χ1n) is 9.45. The summed E-state index contributed by atoms with van der Waals surface area (Å²) in [5, 5.41) is 0. The first kappa shape index (κ1) is 19.6. The summed E-state index contributed by atoms with van der Waals surface area (Å²) in [6.07, 6.45) is 3.06. The van der Waals surface area contributed by atoms with Crippen LogP contribution in [0.15, 0.2) is 66.1 Å². The van der Waals surface area contributed by atoms with Crippen LogP contribution in [-0.2, 0) is 10.0 Å². The van der Waals surface area contributed by atoms with Crippen molar-refractivity contribution >= 4 is 15.7 Å². The van der Waals surface area contributed by atoms with Crippen LogP contribution in [0.25, 0.3) is 0 Å². The molecule has 1 aliphatic rings. The molecule has 1 saturated heterocycles. The molecule has 1 heterocycles. The van der Waals surface area contributed by atoms with Crippen LogP contribution in [0.5, 0.6) is 0 Å². The van der Waals surface area contributed by atoms with Gasteiger partial charge in [0, 0.05) is 18.8 Å². The standard InChI is InChI=1S/C22H28N2O2S/c1-4-14-24-15-13-20(16-24)19-5-9-21(10-6-19)23-27(25,26)22-11-7-18(8-12-22)17(2)3/h4-12,17,20,23H,1,13-16H2,2-3H3/t20-/m0/s1. The number of likely N-dealkylation sites (tertiary alicyclic amines) is 1. The van der Waals surface area contributed by atoms with Crippen LogP contribution >= 0.6 is 0 Å². The lowest BCUT2D eigenvalue weighted by molar-refractivity contribution is 0.372. The quantitative estimate of drug-likeness (QED) is 0.711. The van der Waals surface area contributed by atoms with Gasteiger partial charge in [-0.3, -0.25) is 9.62 Å². The number of hydrogen-bond donors (Lipinski definition) is 1. The van der Waals surface area contributed by atoms with Crippen molar-refractivity contribution in [1.29, 1.82) is 0 Å². The molecule has 4 nitrogen and oxygen atoms in total. The van der Waals surface area contributed by atoms with Crippen molar-refractivity contribution in [2.75, 3.05) is 24.4 Å². The van der Waals surface area contributed by atoms with E-state index >= 15 is 0 Å². The Morgan fingerprint density at radius 2 is 1.81 bits per heavy atom. The zero-order valence-electron chi connectivity index (χ0n) is 16.1. The number of sulfonamides is 1. The zero-order chi connectivity index (χ0) is 19.4. The normalized spacial score (nSPS) is 18.0. The third-order valence-corrected chi connectivity index (χ3v) is 6.55. The Hall–Kier alpha value is -2.11. The van der Waals surface area contributed by atoms with Crippen LogP contribution < -0.4 is 4.72 Å². The maximum absolute atomic E-state index is 12.6. The second-order valence-corrected chi connectivity index (χ2v) is 9.17. The van der Waals surface area contributed by atoms with E-state index in [-0.39, 0.29) is 4.90 Å². The summed E-state index contributed by atoms with van der Waals surface area (Å²) in [6.45, 7) is 11.0. The molecule has 0 spiro atoms. The molecule has 2 aromatic carbocycles. The number of hydrogen-bond acceptors (Lipinski definition) is 3. The fourth-order valence-electron chi connectivity index (χ4n) is 3.52. The molecule has 0 aliphatic carbocycles. The van der Waals surface area contributed by atoms with E-state index in [0.29, 0.717) is 17.5 Å². The third kappa shape index (κ3) is 4.79. The highest BCUT2D eigenvalue weighted by molar-refractivity contribution is 7.92. The lowest BCUT2D eigenvalue weighted by Crippen LogP contribution is -2.19. The Kier molecular flexibility index (Phi) is 6.02. The minimum absolute atomic E-state index is 0.284. The summed E-state index contributed by atoms with van der Waals surface area (Å²) in [5.74, 6) is 0.874. The summed E-state index contributed by atoms with van der Waals surface area (Å²) >= 11 is 0. The summed E-state index contributed by atoms with van der Waals surface area (Å²) < 4.78 is 27.9. The van der Waals surface area contributed by atoms with E-state index in [1.807, 2.05) is 42.5 Å². The van der Waals surface area contributed by atoms with Gasteiger partial charge in [0.15, 0.2) is 0 Å². The van der Waals surface area contributed by atoms with Gasteiger partial charge in [0.25, 0.3) is 10.0 Å². The van der Waals surface area contributed by atoms with Crippen LogP contribution in [0.1, 0.15) is 43.2 Å². The van der Waals surface area contributed by atoms with Crippen molar-refractivity contribution in [3.05, 3.63) is 72.3 Å². The Bertz CT molecular complexity index is 872. The van der Waals surface area contributed by atoms with E-state index in [0.717, 1.165) is 31.6 Å². The Labute approximate surface area is 163 Å². The lowest BCUT2D eigenvalue weighted by atomic mass is 9.98. The molecule has 0 saturated carbocycles. The van der Waals surface area contributed by atoms with Crippen LogP contribution in [-0.4, -0.2) is 33.0 Å². The first-order chi connectivity index (χ1) is 12.9. The molecule has 1 N–H and O–H groups in total. The molecule has 144 valence electrons. The van der Waals surface area contributed by atoms with Crippen LogP contribution in [0.3, 0.4) is 0 Å². The zero-order valence-corrected chi connectivity index (χ0v) is 16.9. The minimum Gasteiger partial charge on any atom is -0.299 e. The second-order valence-electron chi connectivity index (χ2n) is 7.49. The van der Waals surface area contributed by atoms with Crippen LogP contribution in [0.4, 0.5) is 5.69 Å². The highest BCUT2D eigenvalue weighted by atomic mass is 32.2. The molecule has 0 aromatic heterocycles. The van der Waals surface area contributed by atoms with Crippen LogP contribution in [0, 0.1) is 0 Å². The van der Waals surface area contributed by atoms with Crippen molar-refractivity contribution in [1.82, 2.24) is 4.90 Å². The molecule has 1 fully saturated rings. The number of benzene rings is 2. The maximum Gasteiger partial charge on any atom is 0.261 e. The Morgan fingerprint density at radius 1 is 1.15 bits per heavy atom.